The highest BCUT2D eigenvalue weighted by atomic mass is 19.4. The van der Waals surface area contributed by atoms with E-state index < -0.39 is 47.5 Å². The Hall–Kier alpha value is -6.26. The van der Waals surface area contributed by atoms with Crippen molar-refractivity contribution < 1.29 is 41.9 Å². The number of carbonyl (C=O) groups excluding carboxylic acids is 5. The number of carbonyl (C=O) groups is 5. The number of nitrogens with one attached hydrogen (secondary N) is 3. The number of unbranched alkanes of at least 4 members (excludes halogenated alkanes) is 2. The number of ether oxygens (including phenoxy) is 1. The van der Waals surface area contributed by atoms with Crippen LogP contribution in [0.4, 0.5) is 30.4 Å². The maximum Gasteiger partial charge on any atom is 0.416 e. The van der Waals surface area contributed by atoms with Gasteiger partial charge in [-0.1, -0.05) is 6.07 Å². The Labute approximate surface area is 344 Å². The number of aromatic nitrogens is 2. The second-order valence-electron chi connectivity index (χ2n) is 15.6. The van der Waals surface area contributed by atoms with E-state index in [1.165, 1.54) is 6.07 Å². The summed E-state index contributed by atoms with van der Waals surface area (Å²) in [6.45, 7) is 7.12. The normalized spacial score (nSPS) is 17.8. The summed E-state index contributed by atoms with van der Waals surface area (Å²) in [6.07, 6.45) is -0.826. The van der Waals surface area contributed by atoms with Crippen molar-refractivity contribution in [1.29, 1.82) is 0 Å². The highest BCUT2D eigenvalue weighted by Crippen LogP contribution is 2.40. The van der Waals surface area contributed by atoms with E-state index in [1.54, 1.807) is 39.0 Å². The lowest BCUT2D eigenvalue weighted by Gasteiger charge is -2.32. The number of anilines is 3. The van der Waals surface area contributed by atoms with Gasteiger partial charge in [0, 0.05) is 55.8 Å². The minimum Gasteiger partial charge on any atom is -0.493 e. The molecule has 3 aliphatic heterocycles. The summed E-state index contributed by atoms with van der Waals surface area (Å²) >= 11 is 0. The van der Waals surface area contributed by atoms with Crippen LogP contribution in [0.5, 0.6) is 5.75 Å². The van der Waals surface area contributed by atoms with Gasteiger partial charge in [0.05, 0.1) is 34.9 Å². The summed E-state index contributed by atoms with van der Waals surface area (Å²) < 4.78 is 47.3. The number of fused-ring (bicyclic) bond motifs is 2. The summed E-state index contributed by atoms with van der Waals surface area (Å²) in [5, 5.41) is 9.47. The van der Waals surface area contributed by atoms with Crippen molar-refractivity contribution in [2.45, 2.75) is 89.9 Å². The van der Waals surface area contributed by atoms with Crippen LogP contribution in [0.3, 0.4) is 0 Å². The molecule has 2 saturated heterocycles. The Morgan fingerprint density at radius 3 is 2.48 bits per heavy atom. The SMILES string of the molecule is CC(=O)N1CCC(c2cc3c(N[C@H](C)c4cc(N)cc(C(F)(F)F)c4)nc(C)nc3cc2OCCCCCNc2cccc3c2C(=O)N(C2CCC(=O)NC2=O)C3=O)CC1. The Bertz CT molecular complexity index is 2360. The maximum atomic E-state index is 13.6. The predicted octanol–water partition coefficient (Wildman–Crippen LogP) is 6.50. The molecule has 3 aliphatic rings. The molecule has 4 heterocycles. The van der Waals surface area contributed by atoms with Crippen molar-refractivity contribution in [3.05, 3.63) is 82.2 Å². The number of hydrogen-bond acceptors (Lipinski definition) is 11. The average Bonchev–Trinajstić information content (AvgIpc) is 3.45. The number of benzene rings is 3. The topological polar surface area (TPSA) is 189 Å². The van der Waals surface area contributed by atoms with Gasteiger partial charge in [-0.2, -0.15) is 13.2 Å². The number of nitrogens with zero attached hydrogens (tertiary/aromatic N) is 4. The monoisotopic (exact) mass is 828 g/mol. The molecule has 7 rings (SSSR count). The first-order valence-electron chi connectivity index (χ1n) is 20.1. The minimum absolute atomic E-state index is 0.00284. The van der Waals surface area contributed by atoms with E-state index in [4.69, 9.17) is 10.5 Å². The largest absolute Gasteiger partial charge is 0.493 e. The number of imide groups is 2. The Morgan fingerprint density at radius 1 is 1.00 bits per heavy atom. The third kappa shape index (κ3) is 8.84. The fourth-order valence-corrected chi connectivity index (χ4v) is 8.20. The van der Waals surface area contributed by atoms with Gasteiger partial charge in [0.25, 0.3) is 11.8 Å². The zero-order chi connectivity index (χ0) is 42.9. The summed E-state index contributed by atoms with van der Waals surface area (Å²) in [6, 6.07) is 10.7. The van der Waals surface area contributed by atoms with E-state index in [-0.39, 0.29) is 41.5 Å². The quantitative estimate of drug-likeness (QED) is 0.0654. The molecule has 316 valence electrons. The van der Waals surface area contributed by atoms with Crippen molar-refractivity contribution in [2.24, 2.45) is 0 Å². The first-order valence-corrected chi connectivity index (χ1v) is 20.1. The van der Waals surface area contributed by atoms with Gasteiger partial charge < -0.3 is 26.0 Å². The van der Waals surface area contributed by atoms with Gasteiger partial charge in [-0.15, -0.1) is 0 Å². The molecule has 0 aliphatic carbocycles. The molecule has 0 saturated carbocycles. The fraction of sp³-hybridized carbons (Fsp3) is 0.419. The Kier molecular flexibility index (Phi) is 12.0. The molecule has 0 spiro atoms. The number of hydrogen-bond donors (Lipinski definition) is 4. The van der Waals surface area contributed by atoms with E-state index in [2.05, 4.69) is 25.9 Å². The third-order valence-electron chi connectivity index (χ3n) is 11.3. The molecule has 0 bridgehead atoms. The number of rotatable bonds is 13. The lowest BCUT2D eigenvalue weighted by atomic mass is 9.88. The molecule has 1 unspecified atom stereocenters. The molecule has 17 heteroatoms. The summed E-state index contributed by atoms with van der Waals surface area (Å²) in [7, 11) is 0. The summed E-state index contributed by atoms with van der Waals surface area (Å²) in [5.41, 5.74) is 7.84. The molecular weight excluding hydrogens is 782 g/mol. The van der Waals surface area contributed by atoms with Gasteiger partial charge in [0.15, 0.2) is 0 Å². The molecule has 2 fully saturated rings. The number of alkyl halides is 3. The van der Waals surface area contributed by atoms with Crippen molar-refractivity contribution >= 4 is 57.6 Å². The van der Waals surface area contributed by atoms with Crippen LogP contribution in [0.2, 0.25) is 0 Å². The molecule has 5 amide bonds. The third-order valence-corrected chi connectivity index (χ3v) is 11.3. The van der Waals surface area contributed by atoms with Gasteiger partial charge in [-0.25, -0.2) is 9.97 Å². The van der Waals surface area contributed by atoms with Crippen LogP contribution < -0.4 is 26.4 Å². The van der Waals surface area contributed by atoms with Crippen LogP contribution in [0, 0.1) is 6.92 Å². The number of aryl methyl sites for hydroxylation is 1. The highest BCUT2D eigenvalue weighted by molar-refractivity contribution is 6.25. The summed E-state index contributed by atoms with van der Waals surface area (Å²) in [5.74, 6) is -0.573. The van der Waals surface area contributed by atoms with Crippen LogP contribution in [0.15, 0.2) is 48.5 Å². The lowest BCUT2D eigenvalue weighted by Crippen LogP contribution is -2.54. The fourth-order valence-electron chi connectivity index (χ4n) is 8.20. The van der Waals surface area contributed by atoms with E-state index in [1.807, 2.05) is 17.0 Å². The predicted molar refractivity (Wildman–Crippen MR) is 217 cm³/mol. The maximum absolute atomic E-state index is 13.6. The molecule has 60 heavy (non-hydrogen) atoms. The van der Waals surface area contributed by atoms with Crippen molar-refractivity contribution in [1.82, 2.24) is 25.1 Å². The van der Waals surface area contributed by atoms with Crippen molar-refractivity contribution in [3.63, 3.8) is 0 Å². The molecule has 14 nitrogen and oxygen atoms in total. The number of amides is 5. The number of halogens is 3. The second-order valence-corrected chi connectivity index (χ2v) is 15.6. The van der Waals surface area contributed by atoms with Gasteiger partial charge >= 0.3 is 6.18 Å². The Morgan fingerprint density at radius 2 is 1.77 bits per heavy atom. The summed E-state index contributed by atoms with van der Waals surface area (Å²) in [4.78, 5) is 75.0. The van der Waals surface area contributed by atoms with Crippen LogP contribution in [-0.2, 0) is 20.6 Å². The minimum atomic E-state index is -4.56. The molecule has 2 atom stereocenters. The molecule has 4 aromatic rings. The highest BCUT2D eigenvalue weighted by Gasteiger charge is 2.45. The van der Waals surface area contributed by atoms with Crippen LogP contribution in [0.1, 0.15) is 114 Å². The lowest BCUT2D eigenvalue weighted by molar-refractivity contribution is -0.138. The van der Waals surface area contributed by atoms with Crippen LogP contribution in [-0.4, -0.2) is 81.6 Å². The zero-order valence-electron chi connectivity index (χ0n) is 33.6. The van der Waals surface area contributed by atoms with E-state index in [0.717, 1.165) is 35.4 Å². The molecule has 5 N–H and O–H groups in total. The molecule has 0 radical (unpaired) electrons. The van der Waals surface area contributed by atoms with E-state index in [9.17, 15) is 37.1 Å². The zero-order valence-corrected chi connectivity index (χ0v) is 33.6. The molecule has 3 aromatic carbocycles. The number of piperidine rings is 2. The van der Waals surface area contributed by atoms with E-state index in [0.29, 0.717) is 85.0 Å². The molecule has 1 aromatic heterocycles. The van der Waals surface area contributed by atoms with Gasteiger partial charge in [0.2, 0.25) is 17.7 Å². The number of nitrogens with two attached hydrogens (primary N) is 1. The second kappa shape index (κ2) is 17.1. The van der Waals surface area contributed by atoms with Crippen molar-refractivity contribution in [2.75, 3.05) is 42.6 Å². The van der Waals surface area contributed by atoms with Crippen LogP contribution >= 0.6 is 0 Å². The number of likely N-dealkylation sites (tertiary alicyclic amines) is 1. The van der Waals surface area contributed by atoms with Gasteiger partial charge in [-0.3, -0.25) is 34.2 Å². The van der Waals surface area contributed by atoms with E-state index >= 15 is 0 Å². The number of nitrogen functional groups attached to an aromatic ring is 1. The first kappa shape index (κ1) is 41.9. The standard InChI is InChI=1S/C43H47F3N8O6/c1-23(27-18-28(43(44,45)46)20-29(47)19-27)49-39-32-21-31(26-12-15-53(16-13-26)25(3)55)36(22-34(32)50-24(2)51-39)60-17-6-4-5-14-48-33-9-7-8-30-38(33)42(59)54(41(30)58)35-10-11-37(56)52-40(35)57/h7-9,18-23,26,35,48H,4-6,10-17,47H2,1-3H3,(H,49,50,51)(H,52,56,57)/t23-,35?/m1/s1. The van der Waals surface area contributed by atoms with Crippen LogP contribution in [0.25, 0.3) is 10.9 Å². The van der Waals surface area contributed by atoms with Crippen molar-refractivity contribution in [3.8, 4) is 5.75 Å². The smallest absolute Gasteiger partial charge is 0.416 e. The van der Waals surface area contributed by atoms with Gasteiger partial charge in [-0.05, 0) is 106 Å². The molecular formula is C43H47F3N8O6. The average molecular weight is 829 g/mol. The Balaban J connectivity index is 1.02. The first-order chi connectivity index (χ1) is 28.6. The van der Waals surface area contributed by atoms with Gasteiger partial charge in [0.1, 0.15) is 23.4 Å².